The second-order valence-corrected chi connectivity index (χ2v) is 4.77. The fourth-order valence-electron chi connectivity index (χ4n) is 2.19. The highest BCUT2D eigenvalue weighted by molar-refractivity contribution is 5.97. The van der Waals surface area contributed by atoms with Crippen LogP contribution in [0.15, 0.2) is 64.6 Å². The molecule has 0 saturated carbocycles. The second kappa shape index (κ2) is 5.56. The summed E-state index contributed by atoms with van der Waals surface area (Å²) in [5.41, 5.74) is 3.26. The Morgan fingerprint density at radius 3 is 2.57 bits per heavy atom. The number of anilines is 2. The van der Waals surface area contributed by atoms with Gasteiger partial charge in [0.05, 0.1) is 11.8 Å². The van der Waals surface area contributed by atoms with Crippen LogP contribution in [0.25, 0.3) is 17.0 Å². The highest BCUT2D eigenvalue weighted by atomic mass is 16.3. The van der Waals surface area contributed by atoms with Crippen molar-refractivity contribution in [2.24, 2.45) is 0 Å². The highest BCUT2D eigenvalue weighted by Gasteiger charge is 2.12. The van der Waals surface area contributed by atoms with E-state index in [4.69, 9.17) is 9.68 Å². The van der Waals surface area contributed by atoms with Gasteiger partial charge in [-0.15, -0.1) is 0 Å². The normalized spacial score (nSPS) is 11.3. The van der Waals surface area contributed by atoms with Crippen molar-refractivity contribution < 1.29 is 4.42 Å². The second-order valence-electron chi connectivity index (χ2n) is 4.77. The number of hydrogen-bond acceptors (Lipinski definition) is 3. The quantitative estimate of drug-likeness (QED) is 0.676. The molecular formula is C18H14N2O. The molecule has 1 aromatic heterocycles. The van der Waals surface area contributed by atoms with Crippen molar-refractivity contribution in [3.05, 3.63) is 65.9 Å². The smallest absolute Gasteiger partial charge is 0.152 e. The van der Waals surface area contributed by atoms with Crippen LogP contribution in [0, 0.1) is 11.3 Å². The molecular weight excluding hydrogens is 260 g/mol. The number of furan rings is 1. The number of para-hydroxylation sites is 2. The zero-order valence-electron chi connectivity index (χ0n) is 11.6. The Morgan fingerprint density at radius 2 is 1.81 bits per heavy atom. The molecule has 0 aliphatic heterocycles. The van der Waals surface area contributed by atoms with E-state index in [1.54, 1.807) is 13.0 Å². The average Bonchev–Trinajstić information content (AvgIpc) is 2.86. The van der Waals surface area contributed by atoms with Crippen LogP contribution >= 0.6 is 0 Å². The molecule has 1 heterocycles. The average molecular weight is 274 g/mol. The van der Waals surface area contributed by atoms with Gasteiger partial charge in [-0.1, -0.05) is 30.3 Å². The van der Waals surface area contributed by atoms with Gasteiger partial charge in [0, 0.05) is 16.6 Å². The van der Waals surface area contributed by atoms with E-state index >= 15 is 0 Å². The standard InChI is InChI=1S/C18H14N2O/c1-13(12-19)11-17-18(20-14-7-3-2-4-8-14)15-9-5-6-10-16(15)21-17/h2-11,20H,1H3/b13-11+. The molecule has 0 atom stereocenters. The molecule has 0 saturated heterocycles. The molecule has 0 amide bonds. The largest absolute Gasteiger partial charge is 0.454 e. The van der Waals surface area contributed by atoms with Crippen molar-refractivity contribution in [2.75, 3.05) is 5.32 Å². The van der Waals surface area contributed by atoms with Gasteiger partial charge in [-0.2, -0.15) is 5.26 Å². The van der Waals surface area contributed by atoms with Crippen molar-refractivity contribution >= 4 is 28.4 Å². The summed E-state index contributed by atoms with van der Waals surface area (Å²) in [6, 6.07) is 19.9. The van der Waals surface area contributed by atoms with Gasteiger partial charge in [0.2, 0.25) is 0 Å². The Morgan fingerprint density at radius 1 is 1.10 bits per heavy atom. The van der Waals surface area contributed by atoms with E-state index in [-0.39, 0.29) is 0 Å². The fourth-order valence-corrected chi connectivity index (χ4v) is 2.19. The Kier molecular flexibility index (Phi) is 3.44. The molecule has 2 aromatic carbocycles. The van der Waals surface area contributed by atoms with Crippen LogP contribution in [0.2, 0.25) is 0 Å². The number of hydrogen-bond donors (Lipinski definition) is 1. The van der Waals surface area contributed by atoms with Gasteiger partial charge in [0.25, 0.3) is 0 Å². The predicted molar refractivity (Wildman–Crippen MR) is 85.2 cm³/mol. The number of fused-ring (bicyclic) bond motifs is 1. The van der Waals surface area contributed by atoms with Gasteiger partial charge in [0.1, 0.15) is 5.58 Å². The van der Waals surface area contributed by atoms with Crippen molar-refractivity contribution in [1.82, 2.24) is 0 Å². The highest BCUT2D eigenvalue weighted by Crippen LogP contribution is 2.34. The lowest BCUT2D eigenvalue weighted by Gasteiger charge is -2.05. The summed E-state index contributed by atoms with van der Waals surface area (Å²) >= 11 is 0. The third kappa shape index (κ3) is 2.65. The molecule has 21 heavy (non-hydrogen) atoms. The maximum atomic E-state index is 8.97. The number of nitriles is 1. The number of allylic oxidation sites excluding steroid dienone is 1. The van der Waals surface area contributed by atoms with E-state index in [1.165, 1.54) is 0 Å². The summed E-state index contributed by atoms with van der Waals surface area (Å²) in [5.74, 6) is 0.666. The first kappa shape index (κ1) is 13.0. The molecule has 0 fully saturated rings. The van der Waals surface area contributed by atoms with Crippen LogP contribution in [0.1, 0.15) is 12.7 Å². The molecule has 3 heteroatoms. The Labute approximate surface area is 123 Å². The topological polar surface area (TPSA) is 49.0 Å². The molecule has 1 N–H and O–H groups in total. The first-order chi connectivity index (χ1) is 10.3. The van der Waals surface area contributed by atoms with E-state index < -0.39 is 0 Å². The third-order valence-corrected chi connectivity index (χ3v) is 3.19. The minimum atomic E-state index is 0.602. The van der Waals surface area contributed by atoms with Gasteiger partial charge < -0.3 is 9.73 Å². The van der Waals surface area contributed by atoms with Crippen LogP contribution in [-0.2, 0) is 0 Å². The SMILES string of the molecule is C/C(C#N)=C\c1oc2ccccc2c1Nc1ccccc1. The number of benzene rings is 2. The van der Waals surface area contributed by atoms with Gasteiger partial charge in [-0.05, 0) is 37.3 Å². The van der Waals surface area contributed by atoms with Crippen LogP contribution in [-0.4, -0.2) is 0 Å². The summed E-state index contributed by atoms with van der Waals surface area (Å²) in [7, 11) is 0. The fraction of sp³-hybridized carbons (Fsp3) is 0.0556. The zero-order chi connectivity index (χ0) is 14.7. The van der Waals surface area contributed by atoms with Gasteiger partial charge >= 0.3 is 0 Å². The van der Waals surface area contributed by atoms with E-state index in [9.17, 15) is 0 Å². The maximum absolute atomic E-state index is 8.97. The monoisotopic (exact) mass is 274 g/mol. The molecule has 3 aromatic rings. The summed E-state index contributed by atoms with van der Waals surface area (Å²) < 4.78 is 5.85. The van der Waals surface area contributed by atoms with E-state index in [2.05, 4.69) is 11.4 Å². The van der Waals surface area contributed by atoms with Gasteiger partial charge in [-0.25, -0.2) is 0 Å². The molecule has 0 bridgehead atoms. The van der Waals surface area contributed by atoms with Crippen molar-refractivity contribution in [2.45, 2.75) is 6.92 Å². The molecule has 0 aliphatic rings. The van der Waals surface area contributed by atoms with Gasteiger partial charge in [-0.3, -0.25) is 0 Å². The summed E-state index contributed by atoms with van der Waals surface area (Å²) in [6.07, 6.45) is 1.76. The summed E-state index contributed by atoms with van der Waals surface area (Å²) in [6.45, 7) is 1.76. The minimum absolute atomic E-state index is 0.602. The molecule has 0 spiro atoms. The van der Waals surface area contributed by atoms with E-state index in [0.29, 0.717) is 11.3 Å². The lowest BCUT2D eigenvalue weighted by molar-refractivity contribution is 0.605. The first-order valence-electron chi connectivity index (χ1n) is 6.70. The van der Waals surface area contributed by atoms with Crippen LogP contribution in [0.5, 0.6) is 0 Å². The molecule has 0 radical (unpaired) electrons. The molecule has 3 rings (SSSR count). The summed E-state index contributed by atoms with van der Waals surface area (Å²) in [5, 5.41) is 13.3. The van der Waals surface area contributed by atoms with Crippen LogP contribution in [0.4, 0.5) is 11.4 Å². The van der Waals surface area contributed by atoms with Crippen LogP contribution in [0.3, 0.4) is 0 Å². The van der Waals surface area contributed by atoms with Gasteiger partial charge in [0.15, 0.2) is 5.76 Å². The van der Waals surface area contributed by atoms with Crippen molar-refractivity contribution in [3.63, 3.8) is 0 Å². The number of nitrogens with zero attached hydrogens (tertiary/aromatic N) is 1. The van der Waals surface area contributed by atoms with Crippen molar-refractivity contribution in [1.29, 1.82) is 5.26 Å². The Balaban J connectivity index is 2.14. The zero-order valence-corrected chi connectivity index (χ0v) is 11.6. The van der Waals surface area contributed by atoms with E-state index in [0.717, 1.165) is 22.3 Å². The first-order valence-corrected chi connectivity index (χ1v) is 6.70. The lowest BCUT2D eigenvalue weighted by atomic mass is 10.2. The lowest BCUT2D eigenvalue weighted by Crippen LogP contribution is -1.90. The van der Waals surface area contributed by atoms with E-state index in [1.807, 2.05) is 54.6 Å². The third-order valence-electron chi connectivity index (χ3n) is 3.19. The summed E-state index contributed by atoms with van der Waals surface area (Å²) in [4.78, 5) is 0. The minimum Gasteiger partial charge on any atom is -0.454 e. The molecule has 0 aliphatic carbocycles. The number of rotatable bonds is 3. The molecule has 102 valence electrons. The Bertz CT molecular complexity index is 839. The molecule has 3 nitrogen and oxygen atoms in total. The predicted octanol–water partition coefficient (Wildman–Crippen LogP) is 5.10. The number of nitrogens with one attached hydrogen (secondary N) is 1. The molecule has 0 unspecified atom stereocenters. The Hall–Kier alpha value is -2.99. The maximum Gasteiger partial charge on any atom is 0.152 e. The van der Waals surface area contributed by atoms with Crippen LogP contribution < -0.4 is 5.32 Å². The van der Waals surface area contributed by atoms with Crippen molar-refractivity contribution in [3.8, 4) is 6.07 Å².